The van der Waals surface area contributed by atoms with Crippen molar-refractivity contribution < 1.29 is 9.90 Å². The Labute approximate surface area is 119 Å². The summed E-state index contributed by atoms with van der Waals surface area (Å²) in [6.45, 7) is 0.398. The van der Waals surface area contributed by atoms with E-state index in [1.165, 1.54) is 12.8 Å². The van der Waals surface area contributed by atoms with E-state index in [9.17, 15) is 4.79 Å². The van der Waals surface area contributed by atoms with Gasteiger partial charge in [-0.3, -0.25) is 4.79 Å². The number of hydrogen-bond donors (Lipinski definition) is 1. The molecule has 1 heterocycles. The molecular weight excluding hydrogens is 254 g/mol. The topological polar surface area (TPSA) is 66.3 Å². The van der Waals surface area contributed by atoms with Crippen molar-refractivity contribution in [2.75, 3.05) is 13.2 Å². The molecule has 1 aromatic heterocycles. The van der Waals surface area contributed by atoms with Gasteiger partial charge in [0.25, 0.3) is 5.91 Å². The smallest absolute Gasteiger partial charge is 0.272 e. The fourth-order valence-electron chi connectivity index (χ4n) is 2.96. The van der Waals surface area contributed by atoms with E-state index in [0.717, 1.165) is 31.5 Å². The number of amides is 1. The van der Waals surface area contributed by atoms with E-state index in [4.69, 9.17) is 5.11 Å². The van der Waals surface area contributed by atoms with Gasteiger partial charge in [-0.1, -0.05) is 12.8 Å². The number of aliphatic hydroxyl groups is 1. The third-order valence-electron chi connectivity index (χ3n) is 4.20. The Morgan fingerprint density at radius 2 is 2.05 bits per heavy atom. The summed E-state index contributed by atoms with van der Waals surface area (Å²) in [6, 6.07) is 1.98. The molecular formula is C15H21N3O2. The van der Waals surface area contributed by atoms with Crippen molar-refractivity contribution >= 4 is 5.91 Å². The maximum absolute atomic E-state index is 12.5. The molecule has 2 fully saturated rings. The average molecular weight is 275 g/mol. The normalized spacial score (nSPS) is 19.2. The quantitative estimate of drug-likeness (QED) is 0.888. The number of rotatable bonds is 5. The first kappa shape index (κ1) is 13.5. The minimum absolute atomic E-state index is 0.00278. The van der Waals surface area contributed by atoms with Gasteiger partial charge in [-0.2, -0.15) is 0 Å². The molecule has 0 aliphatic heterocycles. The highest BCUT2D eigenvalue weighted by Gasteiger charge is 2.33. The summed E-state index contributed by atoms with van der Waals surface area (Å²) >= 11 is 0. The Kier molecular flexibility index (Phi) is 3.96. The van der Waals surface area contributed by atoms with Gasteiger partial charge in [0, 0.05) is 24.7 Å². The molecule has 0 spiro atoms. The van der Waals surface area contributed by atoms with Gasteiger partial charge in [-0.25, -0.2) is 9.97 Å². The molecule has 2 aliphatic rings. The molecule has 1 N–H and O–H groups in total. The summed E-state index contributed by atoms with van der Waals surface area (Å²) in [4.78, 5) is 23.1. The highest BCUT2D eigenvalue weighted by atomic mass is 16.3. The molecule has 0 aromatic carbocycles. The third kappa shape index (κ3) is 2.82. The second-order valence-corrected chi connectivity index (χ2v) is 5.73. The van der Waals surface area contributed by atoms with Crippen LogP contribution in [0.25, 0.3) is 0 Å². The second kappa shape index (κ2) is 5.87. The zero-order valence-corrected chi connectivity index (χ0v) is 11.7. The summed E-state index contributed by atoms with van der Waals surface area (Å²) in [5, 5.41) is 9.11. The minimum atomic E-state index is -0.0665. The largest absolute Gasteiger partial charge is 0.395 e. The number of carbonyl (C=O) groups is 1. The molecule has 108 valence electrons. The molecule has 5 nitrogen and oxygen atoms in total. The van der Waals surface area contributed by atoms with Crippen molar-refractivity contribution in [3.8, 4) is 0 Å². The maximum Gasteiger partial charge on any atom is 0.272 e. The van der Waals surface area contributed by atoms with Crippen LogP contribution in [0.5, 0.6) is 0 Å². The van der Waals surface area contributed by atoms with E-state index in [-0.39, 0.29) is 12.5 Å². The van der Waals surface area contributed by atoms with Crippen LogP contribution in [-0.2, 0) is 0 Å². The predicted molar refractivity (Wildman–Crippen MR) is 74.4 cm³/mol. The Morgan fingerprint density at radius 1 is 1.30 bits per heavy atom. The van der Waals surface area contributed by atoms with Crippen LogP contribution in [0.1, 0.15) is 60.8 Å². The number of aromatic nitrogens is 2. The predicted octanol–water partition coefficient (Wildman–Crippen LogP) is 1.73. The highest BCUT2D eigenvalue weighted by Crippen LogP contribution is 2.32. The molecule has 0 atom stereocenters. The van der Waals surface area contributed by atoms with Crippen molar-refractivity contribution in [1.29, 1.82) is 0 Å². The maximum atomic E-state index is 12.5. The summed E-state index contributed by atoms with van der Waals surface area (Å²) in [7, 11) is 0. The van der Waals surface area contributed by atoms with Gasteiger partial charge >= 0.3 is 0 Å². The monoisotopic (exact) mass is 275 g/mol. The zero-order valence-electron chi connectivity index (χ0n) is 11.7. The number of hydrogen-bond acceptors (Lipinski definition) is 4. The molecule has 2 aliphatic carbocycles. The van der Waals surface area contributed by atoms with Gasteiger partial charge in [0.1, 0.15) is 11.5 Å². The van der Waals surface area contributed by atoms with Crippen molar-refractivity contribution in [2.24, 2.45) is 0 Å². The highest BCUT2D eigenvalue weighted by molar-refractivity contribution is 5.92. The van der Waals surface area contributed by atoms with Crippen molar-refractivity contribution in [3.63, 3.8) is 0 Å². The fourth-order valence-corrected chi connectivity index (χ4v) is 2.96. The summed E-state index contributed by atoms with van der Waals surface area (Å²) in [5.74, 6) is 1.16. The molecule has 1 aromatic rings. The fraction of sp³-hybridized carbons (Fsp3) is 0.667. The lowest BCUT2D eigenvalue weighted by Crippen LogP contribution is -2.36. The van der Waals surface area contributed by atoms with Gasteiger partial charge in [-0.05, 0) is 31.7 Å². The standard InChI is InChI=1S/C15H21N3O2/c19-10-9-18(12-5-6-12)15(20)13-7-8-16-14(17-13)11-3-1-2-4-11/h7-8,11-12,19H,1-6,9-10H2. The van der Waals surface area contributed by atoms with Crippen LogP contribution in [-0.4, -0.2) is 45.1 Å². The number of aliphatic hydroxyl groups excluding tert-OH is 1. The summed E-state index contributed by atoms with van der Waals surface area (Å²) in [5.41, 5.74) is 0.474. The second-order valence-electron chi connectivity index (χ2n) is 5.73. The molecule has 0 unspecified atom stereocenters. The molecule has 0 saturated heterocycles. The first-order valence-electron chi connectivity index (χ1n) is 7.54. The van der Waals surface area contributed by atoms with Gasteiger partial charge in [0.05, 0.1) is 6.61 Å². The van der Waals surface area contributed by atoms with Crippen LogP contribution in [0.15, 0.2) is 12.3 Å². The molecule has 20 heavy (non-hydrogen) atoms. The Balaban J connectivity index is 1.78. The average Bonchev–Trinajstić information content (AvgIpc) is 3.17. The van der Waals surface area contributed by atoms with E-state index in [2.05, 4.69) is 9.97 Å². The first-order chi connectivity index (χ1) is 9.79. The van der Waals surface area contributed by atoms with Crippen molar-refractivity contribution in [2.45, 2.75) is 50.5 Å². The molecule has 2 saturated carbocycles. The summed E-state index contributed by atoms with van der Waals surface area (Å²) < 4.78 is 0. The lowest BCUT2D eigenvalue weighted by Gasteiger charge is -2.21. The SMILES string of the molecule is O=C(c1ccnc(C2CCCC2)n1)N(CCO)C1CC1. The van der Waals surface area contributed by atoms with Gasteiger partial charge < -0.3 is 10.0 Å². The van der Waals surface area contributed by atoms with E-state index in [1.54, 1.807) is 17.2 Å². The lowest BCUT2D eigenvalue weighted by molar-refractivity contribution is 0.0701. The van der Waals surface area contributed by atoms with Crippen LogP contribution in [0.3, 0.4) is 0 Å². The van der Waals surface area contributed by atoms with E-state index < -0.39 is 0 Å². The third-order valence-corrected chi connectivity index (χ3v) is 4.20. The van der Waals surface area contributed by atoms with E-state index in [0.29, 0.717) is 24.2 Å². The molecule has 0 radical (unpaired) electrons. The van der Waals surface area contributed by atoms with Crippen LogP contribution >= 0.6 is 0 Å². The van der Waals surface area contributed by atoms with Gasteiger partial charge in [0.15, 0.2) is 0 Å². The Bertz CT molecular complexity index is 482. The van der Waals surface area contributed by atoms with Gasteiger partial charge in [0.2, 0.25) is 0 Å². The first-order valence-corrected chi connectivity index (χ1v) is 7.54. The Morgan fingerprint density at radius 3 is 2.70 bits per heavy atom. The zero-order chi connectivity index (χ0) is 13.9. The van der Waals surface area contributed by atoms with E-state index >= 15 is 0 Å². The molecule has 0 bridgehead atoms. The minimum Gasteiger partial charge on any atom is -0.395 e. The van der Waals surface area contributed by atoms with Crippen LogP contribution in [0, 0.1) is 0 Å². The summed E-state index contributed by atoms with van der Waals surface area (Å²) in [6.07, 6.45) is 8.47. The van der Waals surface area contributed by atoms with E-state index in [1.807, 2.05) is 0 Å². The molecule has 3 rings (SSSR count). The van der Waals surface area contributed by atoms with Crippen molar-refractivity contribution in [3.05, 3.63) is 23.8 Å². The molecule has 1 amide bonds. The van der Waals surface area contributed by atoms with Gasteiger partial charge in [-0.15, -0.1) is 0 Å². The lowest BCUT2D eigenvalue weighted by atomic mass is 10.1. The van der Waals surface area contributed by atoms with Crippen LogP contribution < -0.4 is 0 Å². The Hall–Kier alpha value is -1.49. The number of carbonyl (C=O) groups excluding carboxylic acids is 1. The molecule has 5 heteroatoms. The van der Waals surface area contributed by atoms with Crippen molar-refractivity contribution in [1.82, 2.24) is 14.9 Å². The van der Waals surface area contributed by atoms with Crippen LogP contribution in [0.4, 0.5) is 0 Å². The van der Waals surface area contributed by atoms with Crippen LogP contribution in [0.2, 0.25) is 0 Å². The number of nitrogens with zero attached hydrogens (tertiary/aromatic N) is 3.